The molecule has 0 unspecified atom stereocenters. The molecule has 2 N–H and O–H groups in total. The monoisotopic (exact) mass is 426 g/mol. The maximum atomic E-state index is 12.3. The van der Waals surface area contributed by atoms with Crippen LogP contribution < -0.4 is 10.1 Å². The fraction of sp³-hybridized carbons (Fsp3) is 0.167. The summed E-state index contributed by atoms with van der Waals surface area (Å²) in [7, 11) is 0. The van der Waals surface area contributed by atoms with E-state index in [1.165, 1.54) is 23.0 Å². The molecule has 2 heterocycles. The van der Waals surface area contributed by atoms with E-state index in [1.807, 2.05) is 0 Å². The zero-order chi connectivity index (χ0) is 21.0. The van der Waals surface area contributed by atoms with Crippen LogP contribution in [0.4, 0.5) is 13.2 Å². The van der Waals surface area contributed by atoms with Crippen molar-refractivity contribution < 1.29 is 27.8 Å². The van der Waals surface area contributed by atoms with Gasteiger partial charge >= 0.3 is 6.36 Å². The van der Waals surface area contributed by atoms with Crippen LogP contribution >= 0.6 is 11.6 Å². The molecule has 1 amide bonds. The minimum atomic E-state index is -4.79. The molecule has 0 bridgehead atoms. The number of hydrogen-bond donors (Lipinski definition) is 2. The van der Waals surface area contributed by atoms with Gasteiger partial charge in [0.15, 0.2) is 5.65 Å². The lowest BCUT2D eigenvalue weighted by Crippen LogP contribution is -2.20. The summed E-state index contributed by atoms with van der Waals surface area (Å²) in [6.07, 6.45) is -2.18. The molecule has 2 aromatic heterocycles. The molecule has 29 heavy (non-hydrogen) atoms. The lowest BCUT2D eigenvalue weighted by Gasteiger charge is -2.09. The van der Waals surface area contributed by atoms with E-state index in [9.17, 15) is 23.1 Å². The van der Waals surface area contributed by atoms with Crippen molar-refractivity contribution in [2.75, 3.05) is 0 Å². The second-order valence-electron chi connectivity index (χ2n) is 5.74. The van der Waals surface area contributed by atoms with Crippen molar-refractivity contribution in [3.8, 4) is 11.4 Å². The molecule has 3 aromatic rings. The van der Waals surface area contributed by atoms with Crippen molar-refractivity contribution in [3.63, 3.8) is 0 Å². The van der Waals surface area contributed by atoms with Gasteiger partial charge in [0.2, 0.25) is 5.91 Å². The fourth-order valence-corrected chi connectivity index (χ4v) is 2.81. The number of amides is 1. The number of carbonyl (C=O) groups excluding carboxylic acids is 1. The number of benzene rings is 1. The number of alkyl halides is 3. The number of rotatable bonds is 6. The Morgan fingerprint density at radius 2 is 2.00 bits per heavy atom. The molecular weight excluding hydrogens is 413 g/mol. The van der Waals surface area contributed by atoms with E-state index < -0.39 is 12.3 Å². The number of hydrogen-bond acceptors (Lipinski definition) is 5. The topological polar surface area (TPSA) is 89.3 Å². The van der Waals surface area contributed by atoms with Crippen LogP contribution in [0.2, 0.25) is 0 Å². The minimum Gasteiger partial charge on any atom is -0.406 e. The van der Waals surface area contributed by atoms with Crippen LogP contribution in [0, 0.1) is 0 Å². The second-order valence-corrected chi connectivity index (χ2v) is 5.99. The number of aliphatic hydroxyl groups is 1. The summed E-state index contributed by atoms with van der Waals surface area (Å²) in [4.78, 5) is 15.9. The van der Waals surface area contributed by atoms with Gasteiger partial charge in [0.05, 0.1) is 24.5 Å². The normalized spacial score (nSPS) is 11.9. The van der Waals surface area contributed by atoms with Crippen molar-refractivity contribution >= 4 is 28.5 Å². The van der Waals surface area contributed by atoms with Crippen LogP contribution in [0.3, 0.4) is 0 Å². The van der Waals surface area contributed by atoms with E-state index in [2.05, 4.69) is 20.1 Å². The summed E-state index contributed by atoms with van der Waals surface area (Å²) < 4.78 is 42.3. The van der Waals surface area contributed by atoms with Crippen molar-refractivity contribution in [2.45, 2.75) is 19.5 Å². The molecule has 0 fully saturated rings. The number of fused-ring (bicyclic) bond motifs is 1. The number of carbonyl (C=O) groups is 1. The Kier molecular flexibility index (Phi) is 6.04. The number of aromatic nitrogens is 3. The average Bonchev–Trinajstić information content (AvgIpc) is 3.05. The molecule has 0 aliphatic heterocycles. The third-order valence-electron chi connectivity index (χ3n) is 3.86. The summed E-state index contributed by atoms with van der Waals surface area (Å²) in [5.41, 5.74) is 2.82. The van der Waals surface area contributed by atoms with Crippen molar-refractivity contribution in [2.24, 2.45) is 0 Å². The molecule has 3 rings (SSSR count). The first kappa shape index (κ1) is 20.6. The van der Waals surface area contributed by atoms with E-state index in [-0.39, 0.29) is 18.9 Å². The maximum absolute atomic E-state index is 12.3. The Bertz CT molecular complexity index is 1050. The summed E-state index contributed by atoms with van der Waals surface area (Å²) in [6, 6.07) is 6.69. The summed E-state index contributed by atoms with van der Waals surface area (Å²) in [5.74, 6) is -0.812. The van der Waals surface area contributed by atoms with Crippen LogP contribution in [0.25, 0.3) is 16.7 Å². The third kappa shape index (κ3) is 4.84. The van der Waals surface area contributed by atoms with Gasteiger partial charge < -0.3 is 15.2 Å². The molecule has 0 radical (unpaired) electrons. The number of nitrogens with one attached hydrogen (secondary N) is 1. The lowest BCUT2D eigenvalue weighted by molar-refractivity contribution is -0.274. The summed E-state index contributed by atoms with van der Waals surface area (Å²) in [6.45, 7) is -0.261. The highest BCUT2D eigenvalue weighted by molar-refractivity contribution is 6.26. The highest BCUT2D eigenvalue weighted by atomic mass is 35.5. The van der Waals surface area contributed by atoms with Gasteiger partial charge in [-0.15, -0.1) is 13.2 Å². The SMILES string of the molecule is O=C(/C=C\Cl)NCc1nn(-c2ccc(OC(F)(F)F)cc2)c2nccc(CO)c12. The highest BCUT2D eigenvalue weighted by Gasteiger charge is 2.31. The van der Waals surface area contributed by atoms with Gasteiger partial charge in [0, 0.05) is 23.2 Å². The first-order valence-electron chi connectivity index (χ1n) is 8.19. The standard InChI is InChI=1S/C18H14ClF3N4O3/c19-7-5-15(28)24-9-14-16-11(10-27)6-8-23-17(16)26(25-14)12-1-3-13(4-2-12)29-18(20,21)22/h1-8,27H,9-10H2,(H,24,28)/b7-5-. The summed E-state index contributed by atoms with van der Waals surface area (Å²) in [5, 5.41) is 17.2. The number of pyridine rings is 1. The van der Waals surface area contributed by atoms with Crippen LogP contribution in [-0.2, 0) is 17.9 Å². The molecule has 1 aromatic carbocycles. The van der Waals surface area contributed by atoms with Gasteiger partial charge in [0.1, 0.15) is 5.75 Å². The Morgan fingerprint density at radius 1 is 1.28 bits per heavy atom. The van der Waals surface area contributed by atoms with Gasteiger partial charge in [-0.3, -0.25) is 4.79 Å². The number of ether oxygens (including phenoxy) is 1. The van der Waals surface area contributed by atoms with Crippen molar-refractivity contribution in [1.82, 2.24) is 20.1 Å². The second kappa shape index (κ2) is 8.50. The Labute approximate surface area is 167 Å². The van der Waals surface area contributed by atoms with Crippen LogP contribution in [0.5, 0.6) is 5.75 Å². The van der Waals surface area contributed by atoms with Gasteiger partial charge in [-0.05, 0) is 35.9 Å². The van der Waals surface area contributed by atoms with Gasteiger partial charge in [0.25, 0.3) is 0 Å². The zero-order valence-corrected chi connectivity index (χ0v) is 15.4. The third-order valence-corrected chi connectivity index (χ3v) is 3.98. The minimum absolute atomic E-state index is 0.0253. The number of nitrogens with zero attached hydrogens (tertiary/aromatic N) is 3. The van der Waals surface area contributed by atoms with E-state index >= 15 is 0 Å². The van der Waals surface area contributed by atoms with Gasteiger partial charge in [-0.1, -0.05) is 11.6 Å². The molecule has 0 aliphatic rings. The molecule has 0 atom stereocenters. The first-order chi connectivity index (χ1) is 13.8. The molecule has 7 nitrogen and oxygen atoms in total. The van der Waals surface area contributed by atoms with E-state index in [1.54, 1.807) is 6.07 Å². The predicted molar refractivity (Wildman–Crippen MR) is 98.3 cm³/mol. The van der Waals surface area contributed by atoms with Crippen LogP contribution in [-0.4, -0.2) is 32.1 Å². The van der Waals surface area contributed by atoms with Crippen molar-refractivity contribution in [3.05, 3.63) is 59.4 Å². The lowest BCUT2D eigenvalue weighted by atomic mass is 10.1. The largest absolute Gasteiger partial charge is 0.573 e. The van der Waals surface area contributed by atoms with E-state index in [4.69, 9.17) is 11.6 Å². The molecule has 0 spiro atoms. The van der Waals surface area contributed by atoms with Crippen LogP contribution in [0.15, 0.2) is 48.1 Å². The molecule has 0 aliphatic carbocycles. The number of halogens is 4. The maximum Gasteiger partial charge on any atom is 0.573 e. The molecule has 0 saturated heterocycles. The fourth-order valence-electron chi connectivity index (χ4n) is 2.69. The Balaban J connectivity index is 2.01. The van der Waals surface area contributed by atoms with Crippen LogP contribution in [0.1, 0.15) is 11.3 Å². The molecular formula is C18H14ClF3N4O3. The molecule has 0 saturated carbocycles. The highest BCUT2D eigenvalue weighted by Crippen LogP contribution is 2.27. The average molecular weight is 427 g/mol. The van der Waals surface area contributed by atoms with E-state index in [0.717, 1.165) is 23.7 Å². The predicted octanol–water partition coefficient (Wildman–Crippen LogP) is 3.18. The zero-order valence-electron chi connectivity index (χ0n) is 14.7. The first-order valence-corrected chi connectivity index (χ1v) is 8.63. The molecule has 152 valence electrons. The Morgan fingerprint density at radius 3 is 2.62 bits per heavy atom. The number of aliphatic hydroxyl groups excluding tert-OH is 1. The Hall–Kier alpha value is -3.11. The van der Waals surface area contributed by atoms with E-state index in [0.29, 0.717) is 28.0 Å². The quantitative estimate of drug-likeness (QED) is 0.591. The summed E-state index contributed by atoms with van der Waals surface area (Å²) >= 11 is 5.37. The smallest absolute Gasteiger partial charge is 0.406 e. The van der Waals surface area contributed by atoms with Crippen molar-refractivity contribution in [1.29, 1.82) is 0 Å². The molecule has 11 heteroatoms. The van der Waals surface area contributed by atoms with Gasteiger partial charge in [-0.25, -0.2) is 9.67 Å². The van der Waals surface area contributed by atoms with Gasteiger partial charge in [-0.2, -0.15) is 5.10 Å².